The van der Waals surface area contributed by atoms with Crippen molar-refractivity contribution in [2.45, 2.75) is 76.6 Å². The highest BCUT2D eigenvalue weighted by atomic mass is 19.4. The van der Waals surface area contributed by atoms with Crippen LogP contribution in [-0.4, -0.2) is 50.5 Å². The van der Waals surface area contributed by atoms with Crippen molar-refractivity contribution in [3.63, 3.8) is 0 Å². The summed E-state index contributed by atoms with van der Waals surface area (Å²) >= 11 is 0. The standard InChI is InChI=1S/C23H21F3N4O2.C20H17F3N2O3.C3H6N2/c1-22(2,20(31)28-13-5-12-27)21-30-29-19(32-21)18-7-4-3-6-16(18)14-15-8-10-17(11-9-15)23(24,25)26;1-19(2,18(26)27)17-25-24-16(28-17)15-6-4-3-5-13(15)11-12-7-9-14(10-8-12)20(21,22)23;4-2-1-3-5/h3-4,6-11H,5,13-14H2,1-2H3,(H,28,31);3-10H,11H2,1-2H3,(H,26,27);1-2,4H2. The van der Waals surface area contributed by atoms with Gasteiger partial charge in [0.2, 0.25) is 29.5 Å². The number of nitrogens with zero attached hydrogens (tertiary/aromatic N) is 6. The van der Waals surface area contributed by atoms with Crippen LogP contribution in [0.2, 0.25) is 0 Å². The van der Waals surface area contributed by atoms with E-state index in [1.54, 1.807) is 50.2 Å². The zero-order valence-electron chi connectivity index (χ0n) is 35.6. The molecule has 0 saturated carbocycles. The number of hydrogen-bond donors (Lipinski definition) is 3. The Morgan fingerprint density at radius 1 is 0.631 bits per heavy atom. The fourth-order valence-electron chi connectivity index (χ4n) is 5.70. The molecule has 0 spiro atoms. The van der Waals surface area contributed by atoms with Crippen LogP contribution in [0.3, 0.4) is 0 Å². The number of alkyl halides is 6. The van der Waals surface area contributed by atoms with E-state index in [2.05, 4.69) is 25.7 Å². The van der Waals surface area contributed by atoms with Gasteiger partial charge in [0.15, 0.2) is 0 Å². The highest BCUT2D eigenvalue weighted by Crippen LogP contribution is 2.34. The van der Waals surface area contributed by atoms with Gasteiger partial charge in [-0.05, 0) is 99.2 Å². The molecule has 19 heteroatoms. The molecule has 340 valence electrons. The maximum absolute atomic E-state index is 12.8. The molecule has 65 heavy (non-hydrogen) atoms. The Labute approximate surface area is 369 Å². The van der Waals surface area contributed by atoms with Crippen molar-refractivity contribution in [2.75, 3.05) is 13.1 Å². The van der Waals surface area contributed by atoms with E-state index in [-0.39, 0.29) is 42.4 Å². The molecule has 0 aliphatic carbocycles. The largest absolute Gasteiger partial charge is 0.480 e. The van der Waals surface area contributed by atoms with Gasteiger partial charge in [-0.3, -0.25) is 9.59 Å². The van der Waals surface area contributed by atoms with E-state index in [1.807, 2.05) is 24.3 Å². The number of carbonyl (C=O) groups is 2. The van der Waals surface area contributed by atoms with Gasteiger partial charge in [-0.1, -0.05) is 60.7 Å². The van der Waals surface area contributed by atoms with E-state index >= 15 is 0 Å². The van der Waals surface area contributed by atoms with Crippen molar-refractivity contribution in [2.24, 2.45) is 5.73 Å². The minimum atomic E-state index is -4.38. The molecule has 0 fully saturated rings. The molecule has 6 aromatic rings. The van der Waals surface area contributed by atoms with Gasteiger partial charge in [0.05, 0.1) is 29.7 Å². The number of halogens is 6. The Morgan fingerprint density at radius 3 is 1.38 bits per heavy atom. The molecule has 0 aliphatic rings. The highest BCUT2D eigenvalue weighted by Gasteiger charge is 2.37. The third-order valence-electron chi connectivity index (χ3n) is 9.65. The van der Waals surface area contributed by atoms with Crippen LogP contribution in [0.5, 0.6) is 0 Å². The fourth-order valence-corrected chi connectivity index (χ4v) is 5.70. The summed E-state index contributed by atoms with van der Waals surface area (Å²) in [7, 11) is 0. The number of nitrogens with one attached hydrogen (secondary N) is 1. The molecule has 13 nitrogen and oxygen atoms in total. The first-order chi connectivity index (χ1) is 30.6. The first kappa shape index (κ1) is 50.3. The maximum atomic E-state index is 12.8. The molecule has 0 atom stereocenters. The summed E-state index contributed by atoms with van der Waals surface area (Å²) in [5, 5.41) is 44.2. The summed E-state index contributed by atoms with van der Waals surface area (Å²) in [5.41, 5.74) is 5.23. The molecule has 6 rings (SSSR count). The monoisotopic (exact) mass is 902 g/mol. The minimum absolute atomic E-state index is 0.0284. The van der Waals surface area contributed by atoms with Gasteiger partial charge < -0.3 is 25.0 Å². The maximum Gasteiger partial charge on any atom is 0.416 e. The second-order valence-electron chi connectivity index (χ2n) is 15.3. The van der Waals surface area contributed by atoms with Crippen LogP contribution in [-0.2, 0) is 45.6 Å². The van der Waals surface area contributed by atoms with Crippen molar-refractivity contribution in [1.29, 1.82) is 10.5 Å². The summed E-state index contributed by atoms with van der Waals surface area (Å²) in [4.78, 5) is 23.8. The Kier molecular flexibility index (Phi) is 16.9. The average molecular weight is 903 g/mol. The topological polar surface area (TPSA) is 218 Å². The number of rotatable bonds is 13. The van der Waals surface area contributed by atoms with Crippen molar-refractivity contribution in [3.05, 3.63) is 142 Å². The first-order valence-electron chi connectivity index (χ1n) is 19.8. The molecule has 0 radical (unpaired) electrons. The zero-order valence-corrected chi connectivity index (χ0v) is 35.6. The van der Waals surface area contributed by atoms with Crippen LogP contribution in [0.4, 0.5) is 26.3 Å². The number of carboxylic acid groups (broad SMARTS) is 1. The number of aliphatic carboxylic acids is 1. The highest BCUT2D eigenvalue weighted by molar-refractivity contribution is 5.86. The Hall–Kier alpha value is -7.38. The predicted octanol–water partition coefficient (Wildman–Crippen LogP) is 9.22. The number of amides is 1. The van der Waals surface area contributed by atoms with Gasteiger partial charge in [-0.2, -0.15) is 36.9 Å². The van der Waals surface area contributed by atoms with Crippen LogP contribution >= 0.6 is 0 Å². The molecule has 0 unspecified atom stereocenters. The van der Waals surface area contributed by atoms with Gasteiger partial charge in [-0.15, -0.1) is 20.4 Å². The molecule has 0 saturated heterocycles. The normalized spacial score (nSPS) is 11.5. The van der Waals surface area contributed by atoms with E-state index in [9.17, 15) is 41.0 Å². The van der Waals surface area contributed by atoms with Gasteiger partial charge in [-0.25, -0.2) is 0 Å². The SMILES string of the molecule is CC(C)(C(=O)NCCC#N)c1nnc(-c2ccccc2Cc2ccc(C(F)(F)F)cc2)o1.CC(C)(C(=O)O)c1nnc(-c2ccccc2Cc2ccc(C(F)(F)F)cc2)o1.N#CCCN. The van der Waals surface area contributed by atoms with E-state index in [0.29, 0.717) is 48.1 Å². The second kappa shape index (κ2) is 21.8. The molecule has 2 aromatic heterocycles. The Bertz CT molecular complexity index is 2610. The van der Waals surface area contributed by atoms with Crippen LogP contribution in [0, 0.1) is 22.7 Å². The van der Waals surface area contributed by atoms with E-state index < -0.39 is 40.3 Å². The minimum Gasteiger partial charge on any atom is -0.480 e. The third kappa shape index (κ3) is 13.6. The van der Waals surface area contributed by atoms with Gasteiger partial charge in [0, 0.05) is 30.6 Å². The summed E-state index contributed by atoms with van der Waals surface area (Å²) in [6, 6.07) is 28.1. The second-order valence-corrected chi connectivity index (χ2v) is 15.3. The molecule has 0 bridgehead atoms. The number of aromatic nitrogens is 4. The summed E-state index contributed by atoms with van der Waals surface area (Å²) in [6.45, 7) is 6.90. The van der Waals surface area contributed by atoms with Crippen LogP contribution in [0.1, 0.15) is 85.7 Å². The zero-order chi connectivity index (χ0) is 48.0. The lowest BCUT2D eigenvalue weighted by Gasteiger charge is -2.18. The van der Waals surface area contributed by atoms with Gasteiger partial charge in [0.1, 0.15) is 10.8 Å². The number of carbonyl (C=O) groups excluding carboxylic acids is 1. The van der Waals surface area contributed by atoms with Crippen LogP contribution < -0.4 is 11.1 Å². The fraction of sp³-hybridized carbons (Fsp3) is 0.304. The number of nitrogens with two attached hydrogens (primary N) is 1. The molecule has 4 N–H and O–H groups in total. The summed E-state index contributed by atoms with van der Waals surface area (Å²) in [5.74, 6) is -0.986. The number of hydrogen-bond acceptors (Lipinski definition) is 11. The molecular weight excluding hydrogens is 859 g/mol. The molecule has 2 heterocycles. The lowest BCUT2D eigenvalue weighted by molar-refractivity contribution is -0.143. The van der Waals surface area contributed by atoms with Crippen LogP contribution in [0.15, 0.2) is 106 Å². The lowest BCUT2D eigenvalue weighted by atomic mass is 9.92. The third-order valence-corrected chi connectivity index (χ3v) is 9.65. The number of carboxylic acids is 1. The Balaban J connectivity index is 0.000000259. The van der Waals surface area contributed by atoms with E-state index in [4.69, 9.17) is 25.1 Å². The van der Waals surface area contributed by atoms with E-state index in [1.165, 1.54) is 38.1 Å². The average Bonchev–Trinajstić information content (AvgIpc) is 3.97. The predicted molar refractivity (Wildman–Crippen MR) is 224 cm³/mol. The summed E-state index contributed by atoms with van der Waals surface area (Å²) < 4.78 is 88.0. The molecular formula is C46H44F6N8O5. The first-order valence-corrected chi connectivity index (χ1v) is 19.8. The van der Waals surface area contributed by atoms with Crippen LogP contribution in [0.25, 0.3) is 22.9 Å². The van der Waals surface area contributed by atoms with E-state index in [0.717, 1.165) is 35.4 Å². The van der Waals surface area contributed by atoms with Gasteiger partial charge in [0.25, 0.3) is 0 Å². The quantitative estimate of drug-likeness (QED) is 0.0730. The number of benzene rings is 4. The van der Waals surface area contributed by atoms with Crippen molar-refractivity contribution in [1.82, 2.24) is 25.7 Å². The lowest BCUT2D eigenvalue weighted by Crippen LogP contribution is -2.40. The number of nitriles is 2. The van der Waals surface area contributed by atoms with Gasteiger partial charge >= 0.3 is 18.3 Å². The van der Waals surface area contributed by atoms with Crippen molar-refractivity contribution >= 4 is 11.9 Å². The molecule has 4 aromatic carbocycles. The van der Waals surface area contributed by atoms with Crippen molar-refractivity contribution < 1.29 is 49.9 Å². The Morgan fingerprint density at radius 2 is 1.03 bits per heavy atom. The smallest absolute Gasteiger partial charge is 0.416 e. The summed E-state index contributed by atoms with van der Waals surface area (Å²) in [6.07, 6.45) is -7.38. The molecule has 1 amide bonds. The molecule has 0 aliphatic heterocycles. The van der Waals surface area contributed by atoms with Crippen molar-refractivity contribution in [3.8, 4) is 35.0 Å².